The monoisotopic (exact) mass is 509 g/mol. The standard InChI is InChI=1S/C28H32ClN3O4/c1-7-19-12-8-9-13-21(19)24(25(33)31-23-17(2)11-10-14-22(23)29)32(20-15-16-20)26(34)18(3)30-27(35)36-28(4,5)6/h1,8-14,18,20,24H,15-16H2,2-6H3,(H,30,35)(H,31,33). The van der Waals surface area contributed by atoms with Crippen molar-refractivity contribution >= 4 is 35.2 Å². The van der Waals surface area contributed by atoms with Crippen molar-refractivity contribution in [2.24, 2.45) is 0 Å². The summed E-state index contributed by atoms with van der Waals surface area (Å²) in [4.78, 5) is 41.5. The number of amides is 3. The lowest BCUT2D eigenvalue weighted by molar-refractivity contribution is -0.141. The Kier molecular flexibility index (Phi) is 8.31. The van der Waals surface area contributed by atoms with Crippen LogP contribution in [0.25, 0.3) is 0 Å². The molecule has 1 aliphatic rings. The van der Waals surface area contributed by atoms with Crippen molar-refractivity contribution in [1.29, 1.82) is 0 Å². The van der Waals surface area contributed by atoms with Gasteiger partial charge in [0.2, 0.25) is 5.91 Å². The number of hydrogen-bond acceptors (Lipinski definition) is 4. The highest BCUT2D eigenvalue weighted by molar-refractivity contribution is 6.34. The number of nitrogens with one attached hydrogen (secondary N) is 2. The highest BCUT2D eigenvalue weighted by atomic mass is 35.5. The smallest absolute Gasteiger partial charge is 0.408 e. The summed E-state index contributed by atoms with van der Waals surface area (Å²) in [5.41, 5.74) is 1.55. The number of nitrogens with zero attached hydrogens (tertiary/aromatic N) is 1. The highest BCUT2D eigenvalue weighted by Crippen LogP contribution is 2.37. The van der Waals surface area contributed by atoms with Crippen molar-refractivity contribution in [2.45, 2.75) is 71.2 Å². The number of halogens is 1. The Morgan fingerprint density at radius 3 is 2.39 bits per heavy atom. The summed E-state index contributed by atoms with van der Waals surface area (Å²) in [6.07, 6.45) is 6.52. The molecule has 8 heteroatoms. The molecule has 2 aromatic rings. The maximum absolute atomic E-state index is 13.9. The van der Waals surface area contributed by atoms with Gasteiger partial charge in [-0.15, -0.1) is 6.42 Å². The lowest BCUT2D eigenvalue weighted by atomic mass is 9.97. The Morgan fingerprint density at radius 2 is 1.81 bits per heavy atom. The summed E-state index contributed by atoms with van der Waals surface area (Å²) in [6.45, 7) is 8.63. The molecule has 0 radical (unpaired) electrons. The van der Waals surface area contributed by atoms with Gasteiger partial charge in [-0.2, -0.15) is 0 Å². The van der Waals surface area contributed by atoms with E-state index in [2.05, 4.69) is 16.6 Å². The maximum Gasteiger partial charge on any atom is 0.408 e. The van der Waals surface area contributed by atoms with Crippen molar-refractivity contribution < 1.29 is 19.1 Å². The van der Waals surface area contributed by atoms with Gasteiger partial charge in [0, 0.05) is 11.6 Å². The first-order valence-electron chi connectivity index (χ1n) is 11.9. The molecule has 1 aliphatic carbocycles. The van der Waals surface area contributed by atoms with E-state index < -0.39 is 35.6 Å². The Bertz CT molecular complexity index is 1170. The van der Waals surface area contributed by atoms with E-state index >= 15 is 0 Å². The fourth-order valence-corrected chi connectivity index (χ4v) is 4.18. The first-order valence-corrected chi connectivity index (χ1v) is 12.2. The Hall–Kier alpha value is -3.50. The van der Waals surface area contributed by atoms with Gasteiger partial charge in [-0.25, -0.2) is 4.79 Å². The normalized spacial score (nSPS) is 14.7. The zero-order valence-corrected chi connectivity index (χ0v) is 22.0. The molecule has 0 bridgehead atoms. The third-order valence-electron chi connectivity index (χ3n) is 5.71. The van der Waals surface area contributed by atoms with E-state index in [0.29, 0.717) is 21.8 Å². The minimum Gasteiger partial charge on any atom is -0.444 e. The van der Waals surface area contributed by atoms with Crippen LogP contribution in [0.5, 0.6) is 0 Å². The third-order valence-corrected chi connectivity index (χ3v) is 6.02. The van der Waals surface area contributed by atoms with Crippen LogP contribution in [-0.4, -0.2) is 40.5 Å². The van der Waals surface area contributed by atoms with E-state index in [1.807, 2.05) is 13.0 Å². The Labute approximate surface area is 217 Å². The molecule has 2 aromatic carbocycles. The quantitative estimate of drug-likeness (QED) is 0.501. The van der Waals surface area contributed by atoms with Crippen LogP contribution in [0.4, 0.5) is 10.5 Å². The van der Waals surface area contributed by atoms with Crippen LogP contribution in [0.3, 0.4) is 0 Å². The van der Waals surface area contributed by atoms with Gasteiger partial charge in [0.1, 0.15) is 17.7 Å². The molecule has 0 aromatic heterocycles. The summed E-state index contributed by atoms with van der Waals surface area (Å²) in [7, 11) is 0. The summed E-state index contributed by atoms with van der Waals surface area (Å²) in [5, 5.41) is 5.89. The fourth-order valence-electron chi connectivity index (χ4n) is 3.91. The van der Waals surface area contributed by atoms with E-state index in [4.69, 9.17) is 22.8 Å². The second-order valence-corrected chi connectivity index (χ2v) is 10.3. The van der Waals surface area contributed by atoms with Gasteiger partial charge >= 0.3 is 6.09 Å². The summed E-state index contributed by atoms with van der Waals surface area (Å²) in [5.74, 6) is 1.77. The van der Waals surface area contributed by atoms with E-state index in [0.717, 1.165) is 18.4 Å². The van der Waals surface area contributed by atoms with Crippen LogP contribution >= 0.6 is 11.6 Å². The Balaban J connectivity index is 2.00. The van der Waals surface area contributed by atoms with Crippen LogP contribution < -0.4 is 10.6 Å². The minimum atomic E-state index is -1.03. The predicted molar refractivity (Wildman–Crippen MR) is 141 cm³/mol. The lowest BCUT2D eigenvalue weighted by Gasteiger charge is -2.34. The number of benzene rings is 2. The number of carbonyl (C=O) groups excluding carboxylic acids is 3. The molecule has 0 heterocycles. The largest absolute Gasteiger partial charge is 0.444 e. The third kappa shape index (κ3) is 6.58. The van der Waals surface area contributed by atoms with Crippen molar-refractivity contribution in [3.05, 3.63) is 64.2 Å². The van der Waals surface area contributed by atoms with Crippen molar-refractivity contribution in [3.63, 3.8) is 0 Å². The van der Waals surface area contributed by atoms with Gasteiger partial charge in [-0.3, -0.25) is 9.59 Å². The van der Waals surface area contributed by atoms with Crippen molar-refractivity contribution in [1.82, 2.24) is 10.2 Å². The van der Waals surface area contributed by atoms with Crippen LogP contribution in [-0.2, 0) is 14.3 Å². The topological polar surface area (TPSA) is 87.7 Å². The van der Waals surface area contributed by atoms with E-state index in [1.54, 1.807) is 64.1 Å². The number of carbonyl (C=O) groups is 3. The number of ether oxygens (including phenoxy) is 1. The fraction of sp³-hybridized carbons (Fsp3) is 0.393. The van der Waals surface area contributed by atoms with Gasteiger partial charge in [0.15, 0.2) is 0 Å². The molecular formula is C28H32ClN3O4. The zero-order valence-electron chi connectivity index (χ0n) is 21.2. The summed E-state index contributed by atoms with van der Waals surface area (Å²) < 4.78 is 5.31. The molecule has 2 unspecified atom stereocenters. The molecule has 7 nitrogen and oxygen atoms in total. The van der Waals surface area contributed by atoms with Crippen LogP contribution in [0.1, 0.15) is 63.3 Å². The van der Waals surface area contributed by atoms with Crippen LogP contribution in [0.15, 0.2) is 42.5 Å². The van der Waals surface area contributed by atoms with Gasteiger partial charge in [-0.05, 0) is 70.7 Å². The predicted octanol–water partition coefficient (Wildman–Crippen LogP) is 5.21. The van der Waals surface area contributed by atoms with E-state index in [-0.39, 0.29) is 6.04 Å². The van der Waals surface area contributed by atoms with E-state index in [9.17, 15) is 14.4 Å². The second kappa shape index (κ2) is 11.0. The maximum atomic E-state index is 13.9. The average molecular weight is 510 g/mol. The lowest BCUT2D eigenvalue weighted by Crippen LogP contribution is -2.52. The number of anilines is 1. The number of hydrogen-bond donors (Lipinski definition) is 2. The molecule has 3 rings (SSSR count). The molecular weight excluding hydrogens is 478 g/mol. The molecule has 1 fully saturated rings. The molecule has 0 saturated heterocycles. The molecule has 1 saturated carbocycles. The van der Waals surface area contributed by atoms with Gasteiger partial charge in [0.05, 0.1) is 10.7 Å². The Morgan fingerprint density at radius 1 is 1.14 bits per heavy atom. The van der Waals surface area contributed by atoms with Crippen LogP contribution in [0, 0.1) is 19.3 Å². The summed E-state index contributed by atoms with van der Waals surface area (Å²) >= 11 is 6.37. The van der Waals surface area contributed by atoms with Crippen molar-refractivity contribution in [3.8, 4) is 12.3 Å². The van der Waals surface area contributed by atoms with E-state index in [1.165, 1.54) is 4.90 Å². The first kappa shape index (κ1) is 27.1. The molecule has 190 valence electrons. The molecule has 0 aliphatic heterocycles. The van der Waals surface area contributed by atoms with Gasteiger partial charge < -0.3 is 20.3 Å². The first-order chi connectivity index (χ1) is 16.9. The number of terminal acetylenes is 1. The molecule has 36 heavy (non-hydrogen) atoms. The van der Waals surface area contributed by atoms with Crippen LogP contribution in [0.2, 0.25) is 5.02 Å². The van der Waals surface area contributed by atoms with Gasteiger partial charge in [-0.1, -0.05) is 47.9 Å². The number of para-hydroxylation sites is 1. The number of aryl methyl sites for hydroxylation is 1. The summed E-state index contributed by atoms with van der Waals surface area (Å²) in [6, 6.07) is 10.2. The second-order valence-electron chi connectivity index (χ2n) is 9.90. The average Bonchev–Trinajstić information content (AvgIpc) is 3.63. The number of alkyl carbamates (subject to hydrolysis) is 1. The minimum absolute atomic E-state index is 0.172. The highest BCUT2D eigenvalue weighted by Gasteiger charge is 2.44. The zero-order chi connectivity index (χ0) is 26.6. The van der Waals surface area contributed by atoms with Crippen molar-refractivity contribution in [2.75, 3.05) is 5.32 Å². The molecule has 2 N–H and O–H groups in total. The molecule has 0 spiro atoms. The molecule has 3 amide bonds. The SMILES string of the molecule is C#Cc1ccccc1C(C(=O)Nc1c(C)cccc1Cl)N(C(=O)C(C)NC(=O)OC(C)(C)C)C1CC1. The number of rotatable bonds is 7. The van der Waals surface area contributed by atoms with Gasteiger partial charge in [0.25, 0.3) is 5.91 Å². The molecule has 2 atom stereocenters.